The van der Waals surface area contributed by atoms with Crippen LogP contribution in [0.1, 0.15) is 40.1 Å². The van der Waals surface area contributed by atoms with Crippen LogP contribution in [0, 0.1) is 5.82 Å². The summed E-state index contributed by atoms with van der Waals surface area (Å²) in [6.45, 7) is 0.101. The van der Waals surface area contributed by atoms with Crippen LogP contribution in [0.15, 0.2) is 60.7 Å². The number of carbonyl (C=O) groups excluding carboxylic acids is 1. The molecular formula is C21H18F4N4O. The first kappa shape index (κ1) is 19.9. The van der Waals surface area contributed by atoms with Gasteiger partial charge in [-0.1, -0.05) is 42.5 Å². The Kier molecular flexibility index (Phi) is 5.19. The summed E-state index contributed by atoms with van der Waals surface area (Å²) in [5.41, 5.74) is 1.26. The van der Waals surface area contributed by atoms with Gasteiger partial charge < -0.3 is 10.6 Å². The molecule has 0 bridgehead atoms. The Morgan fingerprint density at radius 1 is 1.13 bits per heavy atom. The second-order valence-electron chi connectivity index (χ2n) is 7.07. The van der Waals surface area contributed by atoms with Crippen molar-refractivity contribution in [3.8, 4) is 0 Å². The van der Waals surface area contributed by atoms with E-state index < -0.39 is 30.0 Å². The van der Waals surface area contributed by atoms with E-state index >= 15 is 0 Å². The topological polar surface area (TPSA) is 59.0 Å². The van der Waals surface area contributed by atoms with Gasteiger partial charge in [0, 0.05) is 19.0 Å². The number of halogens is 4. The standard InChI is InChI=1S/C21H18F4N4O/c22-15-8-6-13(7-9-15)12-26-20(30)17-11-19-27-16(14-4-2-1-3-5-14)10-18(21(23,24)25)29(19)28-17/h1-9,11,16,18,27H,10,12H2,(H,26,30)/t16-,18+/m0/s1. The minimum Gasteiger partial charge on any atom is -0.363 e. The SMILES string of the molecule is O=C(NCc1ccc(F)cc1)c1cc2n(n1)[C@@H](C(F)(F)F)C[C@@H](c1ccccc1)N2. The van der Waals surface area contributed by atoms with E-state index in [4.69, 9.17) is 0 Å². The molecule has 0 unspecified atom stereocenters. The molecule has 0 radical (unpaired) electrons. The van der Waals surface area contributed by atoms with Crippen LogP contribution in [0.2, 0.25) is 0 Å². The summed E-state index contributed by atoms with van der Waals surface area (Å²) in [4.78, 5) is 12.4. The Hall–Kier alpha value is -3.36. The van der Waals surface area contributed by atoms with Crippen molar-refractivity contribution in [3.05, 3.63) is 83.3 Å². The highest BCUT2D eigenvalue weighted by Gasteiger charge is 2.46. The predicted molar refractivity (Wildman–Crippen MR) is 102 cm³/mol. The van der Waals surface area contributed by atoms with Gasteiger partial charge >= 0.3 is 6.18 Å². The lowest BCUT2D eigenvalue weighted by atomic mass is 9.97. The van der Waals surface area contributed by atoms with Gasteiger partial charge in [0.2, 0.25) is 0 Å². The van der Waals surface area contributed by atoms with Crippen LogP contribution in [0.3, 0.4) is 0 Å². The number of amides is 1. The lowest BCUT2D eigenvalue weighted by molar-refractivity contribution is -0.173. The van der Waals surface area contributed by atoms with Gasteiger partial charge in [-0.15, -0.1) is 0 Å². The fourth-order valence-corrected chi connectivity index (χ4v) is 3.46. The van der Waals surface area contributed by atoms with E-state index in [0.717, 1.165) is 10.2 Å². The largest absolute Gasteiger partial charge is 0.410 e. The smallest absolute Gasteiger partial charge is 0.363 e. The van der Waals surface area contributed by atoms with Gasteiger partial charge in [0.1, 0.15) is 11.6 Å². The molecule has 1 aliphatic rings. The van der Waals surface area contributed by atoms with Gasteiger partial charge in [0.15, 0.2) is 11.7 Å². The zero-order valence-corrected chi connectivity index (χ0v) is 15.7. The van der Waals surface area contributed by atoms with Crippen molar-refractivity contribution >= 4 is 11.7 Å². The minimum atomic E-state index is -4.52. The summed E-state index contributed by atoms with van der Waals surface area (Å²) in [6, 6.07) is 13.3. The first-order valence-corrected chi connectivity index (χ1v) is 9.31. The highest BCUT2D eigenvalue weighted by Crippen LogP contribution is 2.43. The number of hydrogen-bond donors (Lipinski definition) is 2. The van der Waals surface area contributed by atoms with E-state index in [-0.39, 0.29) is 24.5 Å². The summed E-state index contributed by atoms with van der Waals surface area (Å²) >= 11 is 0. The quantitative estimate of drug-likeness (QED) is 0.609. The Balaban J connectivity index is 1.56. The molecule has 5 nitrogen and oxygen atoms in total. The lowest BCUT2D eigenvalue weighted by Gasteiger charge is -2.33. The molecule has 2 aromatic carbocycles. The van der Waals surface area contributed by atoms with Crippen LogP contribution < -0.4 is 10.6 Å². The number of nitrogens with one attached hydrogen (secondary N) is 2. The second kappa shape index (κ2) is 7.81. The number of anilines is 1. The molecule has 30 heavy (non-hydrogen) atoms. The molecule has 9 heteroatoms. The average molecular weight is 418 g/mol. The molecule has 3 aromatic rings. The van der Waals surface area contributed by atoms with Gasteiger partial charge in [-0.2, -0.15) is 18.3 Å². The normalized spacial score (nSPS) is 18.4. The summed E-state index contributed by atoms with van der Waals surface area (Å²) in [7, 11) is 0. The van der Waals surface area contributed by atoms with Crippen molar-refractivity contribution in [1.29, 1.82) is 0 Å². The summed E-state index contributed by atoms with van der Waals surface area (Å²) in [6.07, 6.45) is -4.75. The van der Waals surface area contributed by atoms with Crippen LogP contribution >= 0.6 is 0 Å². The highest BCUT2D eigenvalue weighted by atomic mass is 19.4. The number of alkyl halides is 3. The Bertz CT molecular complexity index is 1030. The van der Waals surface area contributed by atoms with Gasteiger partial charge in [-0.3, -0.25) is 4.79 Å². The molecule has 0 aliphatic carbocycles. The molecule has 0 spiro atoms. The number of benzene rings is 2. The Labute approximate surface area is 169 Å². The summed E-state index contributed by atoms with van der Waals surface area (Å²) in [5, 5.41) is 9.56. The molecule has 1 aromatic heterocycles. The lowest BCUT2D eigenvalue weighted by Crippen LogP contribution is -2.35. The Morgan fingerprint density at radius 3 is 2.50 bits per heavy atom. The molecule has 0 saturated heterocycles. The van der Waals surface area contributed by atoms with E-state index in [0.29, 0.717) is 5.56 Å². The maximum atomic E-state index is 13.7. The van der Waals surface area contributed by atoms with Gasteiger partial charge in [-0.25, -0.2) is 9.07 Å². The molecule has 2 N–H and O–H groups in total. The van der Waals surface area contributed by atoms with E-state index in [2.05, 4.69) is 15.7 Å². The molecule has 0 saturated carbocycles. The fraction of sp³-hybridized carbons (Fsp3) is 0.238. The van der Waals surface area contributed by atoms with E-state index in [1.165, 1.54) is 30.3 Å². The predicted octanol–water partition coefficient (Wildman–Crippen LogP) is 4.61. The van der Waals surface area contributed by atoms with Crippen LogP contribution in [-0.4, -0.2) is 21.9 Å². The second-order valence-corrected chi connectivity index (χ2v) is 7.07. The third-order valence-corrected chi connectivity index (χ3v) is 4.99. The first-order valence-electron chi connectivity index (χ1n) is 9.31. The molecule has 1 aliphatic heterocycles. The van der Waals surface area contributed by atoms with Crippen molar-refractivity contribution in [3.63, 3.8) is 0 Å². The molecule has 156 valence electrons. The van der Waals surface area contributed by atoms with Crippen LogP contribution in [0.25, 0.3) is 0 Å². The number of nitrogens with zero attached hydrogens (tertiary/aromatic N) is 2. The zero-order valence-electron chi connectivity index (χ0n) is 15.7. The molecule has 2 heterocycles. The highest BCUT2D eigenvalue weighted by molar-refractivity contribution is 5.93. The molecule has 4 rings (SSSR count). The maximum absolute atomic E-state index is 13.7. The van der Waals surface area contributed by atoms with Crippen LogP contribution in [0.5, 0.6) is 0 Å². The minimum absolute atomic E-state index is 0.101. The van der Waals surface area contributed by atoms with Crippen molar-refractivity contribution < 1.29 is 22.4 Å². The van der Waals surface area contributed by atoms with Gasteiger partial charge in [-0.05, 0) is 23.3 Å². The summed E-state index contributed by atoms with van der Waals surface area (Å²) < 4.78 is 54.9. The molecule has 1 amide bonds. The van der Waals surface area contributed by atoms with Crippen LogP contribution in [-0.2, 0) is 6.54 Å². The third kappa shape index (κ3) is 4.14. The van der Waals surface area contributed by atoms with E-state index in [1.807, 2.05) is 0 Å². The number of hydrogen-bond acceptors (Lipinski definition) is 3. The maximum Gasteiger partial charge on any atom is 0.410 e. The van der Waals surface area contributed by atoms with Crippen molar-refractivity contribution in [2.45, 2.75) is 31.2 Å². The van der Waals surface area contributed by atoms with E-state index in [9.17, 15) is 22.4 Å². The number of aromatic nitrogens is 2. The zero-order chi connectivity index (χ0) is 21.3. The summed E-state index contributed by atoms with van der Waals surface area (Å²) in [5.74, 6) is -0.881. The fourth-order valence-electron chi connectivity index (χ4n) is 3.46. The van der Waals surface area contributed by atoms with E-state index in [1.54, 1.807) is 30.3 Å². The van der Waals surface area contributed by atoms with Crippen molar-refractivity contribution in [1.82, 2.24) is 15.1 Å². The molecule has 0 fully saturated rings. The number of rotatable bonds is 4. The number of fused-ring (bicyclic) bond motifs is 1. The third-order valence-electron chi connectivity index (χ3n) is 4.99. The molecular weight excluding hydrogens is 400 g/mol. The van der Waals surface area contributed by atoms with Crippen LogP contribution in [0.4, 0.5) is 23.4 Å². The first-order chi connectivity index (χ1) is 14.3. The van der Waals surface area contributed by atoms with Crippen molar-refractivity contribution in [2.75, 3.05) is 5.32 Å². The van der Waals surface area contributed by atoms with Gasteiger partial charge in [0.25, 0.3) is 5.91 Å². The van der Waals surface area contributed by atoms with Gasteiger partial charge in [0.05, 0.1) is 6.04 Å². The molecule has 2 atom stereocenters. The average Bonchev–Trinajstić information content (AvgIpc) is 3.16. The Morgan fingerprint density at radius 2 is 1.83 bits per heavy atom. The number of carbonyl (C=O) groups is 1. The monoisotopic (exact) mass is 418 g/mol. The van der Waals surface area contributed by atoms with Crippen molar-refractivity contribution in [2.24, 2.45) is 0 Å².